The van der Waals surface area contributed by atoms with Crippen LogP contribution in [0.3, 0.4) is 0 Å². The minimum atomic E-state index is 0.0312. The van der Waals surface area contributed by atoms with Crippen LogP contribution >= 0.6 is 0 Å². The molecule has 1 heterocycles. The van der Waals surface area contributed by atoms with Gasteiger partial charge in [0, 0.05) is 37.0 Å². The Labute approximate surface area is 150 Å². The van der Waals surface area contributed by atoms with Crippen molar-refractivity contribution in [3.8, 4) is 0 Å². The number of hydrogen-bond donors (Lipinski definition) is 0. The fourth-order valence-electron chi connectivity index (χ4n) is 3.65. The molecule has 1 aliphatic rings. The van der Waals surface area contributed by atoms with Crippen LogP contribution < -0.4 is 4.90 Å². The second kappa shape index (κ2) is 6.75. The lowest BCUT2D eigenvalue weighted by Crippen LogP contribution is -2.36. The lowest BCUT2D eigenvalue weighted by Gasteiger charge is -2.37. The van der Waals surface area contributed by atoms with E-state index in [1.165, 1.54) is 11.3 Å². The number of allylic oxidation sites excluding steroid dienone is 1. The molecule has 3 nitrogen and oxygen atoms in total. The number of anilines is 1. The van der Waals surface area contributed by atoms with Crippen molar-refractivity contribution in [2.45, 2.75) is 32.7 Å². The Kier molecular flexibility index (Phi) is 4.67. The highest BCUT2D eigenvalue weighted by Gasteiger charge is 2.33. The SMILES string of the molecule is CC1=C(C(=O)N(C)C(C)c2ccccc2)[C@H](C)c2ccccc2N1C. The van der Waals surface area contributed by atoms with Gasteiger partial charge in [-0.25, -0.2) is 0 Å². The van der Waals surface area contributed by atoms with Crippen LogP contribution in [0.15, 0.2) is 65.9 Å². The molecule has 130 valence electrons. The summed E-state index contributed by atoms with van der Waals surface area (Å²) in [5.41, 5.74) is 5.45. The summed E-state index contributed by atoms with van der Waals surface area (Å²) in [6.45, 7) is 6.25. The Balaban J connectivity index is 1.95. The van der Waals surface area contributed by atoms with Crippen LogP contribution in [-0.4, -0.2) is 24.9 Å². The van der Waals surface area contributed by atoms with Gasteiger partial charge in [0.1, 0.15) is 0 Å². The number of nitrogens with zero attached hydrogens (tertiary/aromatic N) is 2. The molecule has 0 saturated heterocycles. The number of para-hydroxylation sites is 1. The Morgan fingerprint density at radius 1 is 1.08 bits per heavy atom. The molecule has 1 aliphatic heterocycles. The predicted octanol–water partition coefficient (Wildman–Crippen LogP) is 4.73. The molecule has 0 spiro atoms. The molecule has 2 atom stereocenters. The third kappa shape index (κ3) is 2.95. The van der Waals surface area contributed by atoms with Crippen molar-refractivity contribution in [1.29, 1.82) is 0 Å². The molecule has 0 bridgehead atoms. The van der Waals surface area contributed by atoms with Gasteiger partial charge in [-0.1, -0.05) is 55.5 Å². The zero-order valence-electron chi connectivity index (χ0n) is 15.7. The summed E-state index contributed by atoms with van der Waals surface area (Å²) >= 11 is 0. The quantitative estimate of drug-likeness (QED) is 0.810. The van der Waals surface area contributed by atoms with E-state index in [2.05, 4.69) is 43.0 Å². The number of likely N-dealkylation sites (N-methyl/N-ethyl adjacent to an activating group) is 1. The first-order chi connectivity index (χ1) is 11.9. The summed E-state index contributed by atoms with van der Waals surface area (Å²) in [7, 11) is 3.93. The van der Waals surface area contributed by atoms with Gasteiger partial charge in [-0.3, -0.25) is 4.79 Å². The highest BCUT2D eigenvalue weighted by molar-refractivity contribution is 5.97. The minimum absolute atomic E-state index is 0.0312. The molecule has 0 aliphatic carbocycles. The van der Waals surface area contributed by atoms with Gasteiger partial charge in [0.15, 0.2) is 0 Å². The number of carbonyl (C=O) groups is 1. The van der Waals surface area contributed by atoms with Gasteiger partial charge in [-0.15, -0.1) is 0 Å². The smallest absolute Gasteiger partial charge is 0.252 e. The standard InChI is InChI=1S/C22H26N2O/c1-15-19-13-9-10-14-20(19)23(4)17(3)21(15)22(25)24(5)16(2)18-11-7-6-8-12-18/h6-16H,1-5H3/t15-,16?/m1/s1. The summed E-state index contributed by atoms with van der Waals surface area (Å²) in [4.78, 5) is 17.3. The highest BCUT2D eigenvalue weighted by atomic mass is 16.2. The van der Waals surface area contributed by atoms with Crippen LogP contribution in [0.2, 0.25) is 0 Å². The van der Waals surface area contributed by atoms with Gasteiger partial charge in [-0.2, -0.15) is 0 Å². The first-order valence-electron chi connectivity index (χ1n) is 8.79. The van der Waals surface area contributed by atoms with Crippen molar-refractivity contribution >= 4 is 11.6 Å². The molecule has 0 radical (unpaired) electrons. The Morgan fingerprint density at radius 3 is 2.36 bits per heavy atom. The summed E-state index contributed by atoms with van der Waals surface area (Å²) in [6, 6.07) is 18.5. The van der Waals surface area contributed by atoms with Crippen molar-refractivity contribution in [1.82, 2.24) is 4.90 Å². The van der Waals surface area contributed by atoms with Crippen molar-refractivity contribution < 1.29 is 4.79 Å². The lowest BCUT2D eigenvalue weighted by atomic mass is 9.85. The average Bonchev–Trinajstić information content (AvgIpc) is 2.65. The lowest BCUT2D eigenvalue weighted by molar-refractivity contribution is -0.128. The molecule has 2 aromatic carbocycles. The number of fused-ring (bicyclic) bond motifs is 1. The molecule has 0 saturated carbocycles. The van der Waals surface area contributed by atoms with Crippen LogP contribution in [0, 0.1) is 0 Å². The molecule has 0 fully saturated rings. The van der Waals surface area contributed by atoms with Crippen LogP contribution in [-0.2, 0) is 4.79 Å². The molecular weight excluding hydrogens is 308 g/mol. The summed E-state index contributed by atoms with van der Waals surface area (Å²) in [5.74, 6) is 0.188. The summed E-state index contributed by atoms with van der Waals surface area (Å²) < 4.78 is 0. The maximum absolute atomic E-state index is 13.3. The Bertz CT molecular complexity index is 810. The molecule has 3 heteroatoms. The Morgan fingerprint density at radius 2 is 1.68 bits per heavy atom. The third-order valence-electron chi connectivity index (χ3n) is 5.50. The molecule has 1 amide bonds. The van der Waals surface area contributed by atoms with Crippen molar-refractivity contribution in [3.05, 3.63) is 77.0 Å². The largest absolute Gasteiger partial charge is 0.348 e. The first kappa shape index (κ1) is 17.3. The number of rotatable bonds is 3. The van der Waals surface area contributed by atoms with Gasteiger partial charge in [-0.05, 0) is 31.0 Å². The molecule has 0 aromatic heterocycles. The van der Waals surface area contributed by atoms with Gasteiger partial charge < -0.3 is 9.80 Å². The van der Waals surface area contributed by atoms with Gasteiger partial charge in [0.2, 0.25) is 0 Å². The average molecular weight is 334 g/mol. The van der Waals surface area contributed by atoms with Crippen LogP contribution in [0.5, 0.6) is 0 Å². The van der Waals surface area contributed by atoms with E-state index in [4.69, 9.17) is 0 Å². The number of amides is 1. The topological polar surface area (TPSA) is 23.6 Å². The van der Waals surface area contributed by atoms with E-state index in [0.717, 1.165) is 16.8 Å². The zero-order chi connectivity index (χ0) is 18.1. The van der Waals surface area contributed by atoms with Gasteiger partial charge in [0.05, 0.1) is 6.04 Å². The normalized spacial score (nSPS) is 18.0. The van der Waals surface area contributed by atoms with E-state index in [0.29, 0.717) is 0 Å². The van der Waals surface area contributed by atoms with Crippen molar-refractivity contribution in [2.75, 3.05) is 19.0 Å². The van der Waals surface area contributed by atoms with E-state index >= 15 is 0 Å². The van der Waals surface area contributed by atoms with E-state index in [1.807, 2.05) is 56.3 Å². The van der Waals surface area contributed by atoms with Crippen LogP contribution in [0.4, 0.5) is 5.69 Å². The molecule has 0 N–H and O–H groups in total. The van der Waals surface area contributed by atoms with Crippen LogP contribution in [0.1, 0.15) is 43.9 Å². The first-order valence-corrected chi connectivity index (χ1v) is 8.79. The summed E-state index contributed by atoms with van der Waals surface area (Å²) in [6.07, 6.45) is 0. The third-order valence-corrected chi connectivity index (χ3v) is 5.50. The maximum atomic E-state index is 13.3. The molecule has 25 heavy (non-hydrogen) atoms. The monoisotopic (exact) mass is 334 g/mol. The van der Waals surface area contributed by atoms with E-state index < -0.39 is 0 Å². The van der Waals surface area contributed by atoms with Gasteiger partial charge >= 0.3 is 0 Å². The highest BCUT2D eigenvalue weighted by Crippen LogP contribution is 2.41. The second-order valence-corrected chi connectivity index (χ2v) is 6.84. The van der Waals surface area contributed by atoms with E-state index in [9.17, 15) is 4.79 Å². The van der Waals surface area contributed by atoms with Crippen molar-refractivity contribution in [3.63, 3.8) is 0 Å². The van der Waals surface area contributed by atoms with Crippen LogP contribution in [0.25, 0.3) is 0 Å². The molecule has 3 rings (SSSR count). The van der Waals surface area contributed by atoms with E-state index in [1.54, 1.807) is 0 Å². The minimum Gasteiger partial charge on any atom is -0.348 e. The maximum Gasteiger partial charge on any atom is 0.252 e. The molecular formula is C22H26N2O. The Hall–Kier alpha value is -2.55. The summed E-state index contributed by atoms with van der Waals surface area (Å²) in [5, 5.41) is 0. The zero-order valence-corrected chi connectivity index (χ0v) is 15.7. The number of hydrogen-bond acceptors (Lipinski definition) is 2. The van der Waals surface area contributed by atoms with E-state index in [-0.39, 0.29) is 17.9 Å². The fraction of sp³-hybridized carbons (Fsp3) is 0.318. The van der Waals surface area contributed by atoms with Crippen molar-refractivity contribution in [2.24, 2.45) is 0 Å². The predicted molar refractivity (Wildman–Crippen MR) is 104 cm³/mol. The molecule has 2 aromatic rings. The second-order valence-electron chi connectivity index (χ2n) is 6.84. The number of benzene rings is 2. The number of carbonyl (C=O) groups excluding carboxylic acids is 1. The van der Waals surface area contributed by atoms with Gasteiger partial charge in [0.25, 0.3) is 5.91 Å². The fourth-order valence-corrected chi connectivity index (χ4v) is 3.65. The molecule has 1 unspecified atom stereocenters.